The fraction of sp³-hybridized carbons (Fsp3) is 0.457. The van der Waals surface area contributed by atoms with Crippen molar-refractivity contribution in [3.8, 4) is 11.5 Å². The Morgan fingerprint density at radius 2 is 1.70 bits per heavy atom. The van der Waals surface area contributed by atoms with Crippen molar-refractivity contribution in [1.82, 2.24) is 20.0 Å². The first-order chi connectivity index (χ1) is 27.6. The molecule has 1 aliphatic carbocycles. The number of likely N-dealkylation sites (tertiary alicyclic amines) is 1. The molecule has 57 heavy (non-hydrogen) atoms. The zero-order valence-corrected chi connectivity index (χ0v) is 32.8. The molecule has 9 rings (SSSR count). The highest BCUT2D eigenvalue weighted by Crippen LogP contribution is 2.51. The number of aromatic hydroxyl groups is 1. The molecule has 5 atom stereocenters. The number of halogens is 1. The van der Waals surface area contributed by atoms with E-state index in [1.807, 2.05) is 24.3 Å². The van der Waals surface area contributed by atoms with Gasteiger partial charge in [0, 0.05) is 87.9 Å². The van der Waals surface area contributed by atoms with Gasteiger partial charge in [-0.05, 0) is 91.0 Å². The molecule has 298 valence electrons. The highest BCUT2D eigenvalue weighted by Gasteiger charge is 2.42. The molecule has 3 aromatic rings. The second-order valence-electron chi connectivity index (χ2n) is 17.0. The zero-order valence-electron chi connectivity index (χ0n) is 32.8. The Bertz CT molecular complexity index is 2140. The van der Waals surface area contributed by atoms with E-state index in [1.165, 1.54) is 11.1 Å². The van der Waals surface area contributed by atoms with Crippen LogP contribution in [0.25, 0.3) is 0 Å². The van der Waals surface area contributed by atoms with Gasteiger partial charge in [0.25, 0.3) is 5.91 Å². The lowest BCUT2D eigenvalue weighted by atomic mass is 9.67. The molecule has 3 fully saturated rings. The Labute approximate surface area is 333 Å². The Morgan fingerprint density at radius 3 is 2.47 bits per heavy atom. The number of rotatable bonds is 7. The van der Waals surface area contributed by atoms with E-state index in [-0.39, 0.29) is 59.4 Å². The highest BCUT2D eigenvalue weighted by atomic mass is 19.1. The van der Waals surface area contributed by atoms with E-state index in [0.717, 1.165) is 81.2 Å². The van der Waals surface area contributed by atoms with E-state index in [4.69, 9.17) is 4.74 Å². The van der Waals surface area contributed by atoms with Crippen molar-refractivity contribution in [3.05, 3.63) is 112 Å². The second-order valence-corrected chi connectivity index (χ2v) is 17.0. The van der Waals surface area contributed by atoms with Crippen LogP contribution in [-0.2, 0) is 16.1 Å². The fourth-order valence-electron chi connectivity index (χ4n) is 10.3. The minimum absolute atomic E-state index is 0.00292. The van der Waals surface area contributed by atoms with E-state index >= 15 is 4.39 Å². The Balaban J connectivity index is 0.793. The predicted molar refractivity (Wildman–Crippen MR) is 216 cm³/mol. The quantitative estimate of drug-likeness (QED) is 0.272. The minimum atomic E-state index is -0.608. The number of imide groups is 1. The number of fused-ring (bicyclic) bond motifs is 2. The number of nitrogens with zero attached hydrogens (tertiary/aromatic N) is 4. The average molecular weight is 774 g/mol. The zero-order chi connectivity index (χ0) is 39.4. The first-order valence-electron chi connectivity index (χ1n) is 20.7. The van der Waals surface area contributed by atoms with Crippen LogP contribution in [0, 0.1) is 24.7 Å². The van der Waals surface area contributed by atoms with Gasteiger partial charge in [0.2, 0.25) is 11.8 Å². The molecule has 0 saturated carbocycles. The summed E-state index contributed by atoms with van der Waals surface area (Å²) in [4.78, 5) is 46.1. The second kappa shape index (κ2) is 15.3. The van der Waals surface area contributed by atoms with E-state index in [9.17, 15) is 19.5 Å². The van der Waals surface area contributed by atoms with Gasteiger partial charge in [0.1, 0.15) is 23.4 Å². The molecule has 11 heteroatoms. The molecule has 3 aromatic carbocycles. The summed E-state index contributed by atoms with van der Waals surface area (Å²) < 4.78 is 22.5. The van der Waals surface area contributed by atoms with Crippen molar-refractivity contribution in [2.75, 3.05) is 57.3 Å². The summed E-state index contributed by atoms with van der Waals surface area (Å²) in [6.45, 7) is 11.6. The number of phenols is 1. The summed E-state index contributed by atoms with van der Waals surface area (Å²) in [5.41, 5.74) is 6.80. The van der Waals surface area contributed by atoms with Gasteiger partial charge in [-0.25, -0.2) is 4.39 Å². The SMILES string of the molecule is Cc1cccc([C@H]2COc3cc(O)ccc3C2[C@H]2C=C(F)C(N3CCC(CN4CCN(c5ccc6c(c5)CN([C@H]5CCC(=O)NC5=O)C6=O)CC4)CC3)=CC2C)c1. The van der Waals surface area contributed by atoms with Crippen LogP contribution in [0.5, 0.6) is 11.5 Å². The molecule has 3 amide bonds. The fourth-order valence-corrected chi connectivity index (χ4v) is 10.3. The summed E-state index contributed by atoms with van der Waals surface area (Å²) >= 11 is 0. The topological polar surface area (TPSA) is 106 Å². The standard InChI is InChI=1S/C46H52FN5O5/c1-28-4-3-5-31(20-28)38-27-57-42-23-34(53)7-9-36(42)44(38)37-24-39(47)41(21-29(37)2)51-14-12-30(13-15-51)25-49-16-18-50(19-17-49)33-6-8-35-32(22-33)26-52(46(35)56)40-10-11-43(54)48-45(40)55/h3-9,20-24,29-30,37-38,40,44,53H,10-19,25-27H2,1-2H3,(H,48,54,55)/t29?,37-,38+,40-,44?/m0/s1. The summed E-state index contributed by atoms with van der Waals surface area (Å²) in [6.07, 6.45) is 6.68. The number of phenolic OH excluding ortho intramolecular Hbond substituents is 1. The molecular weight excluding hydrogens is 722 g/mol. The van der Waals surface area contributed by atoms with Crippen molar-refractivity contribution >= 4 is 23.4 Å². The molecule has 0 bridgehead atoms. The number of aryl methyl sites for hydroxylation is 1. The van der Waals surface area contributed by atoms with Gasteiger partial charge in [0.15, 0.2) is 0 Å². The molecule has 0 spiro atoms. The molecular formula is C46H52FN5O5. The molecule has 5 aliphatic heterocycles. The lowest BCUT2D eigenvalue weighted by molar-refractivity contribution is -0.136. The molecule has 3 saturated heterocycles. The number of piperidine rings is 2. The molecule has 2 unspecified atom stereocenters. The van der Waals surface area contributed by atoms with Gasteiger partial charge >= 0.3 is 0 Å². The van der Waals surface area contributed by atoms with Gasteiger partial charge in [-0.15, -0.1) is 0 Å². The third kappa shape index (κ3) is 7.31. The van der Waals surface area contributed by atoms with Gasteiger partial charge in [0.05, 0.1) is 12.3 Å². The summed E-state index contributed by atoms with van der Waals surface area (Å²) in [6, 6.07) is 19.3. The van der Waals surface area contributed by atoms with E-state index < -0.39 is 6.04 Å². The van der Waals surface area contributed by atoms with Crippen LogP contribution in [0.3, 0.4) is 0 Å². The van der Waals surface area contributed by atoms with Gasteiger partial charge in [-0.1, -0.05) is 48.9 Å². The maximum absolute atomic E-state index is 16.3. The van der Waals surface area contributed by atoms with Crippen molar-refractivity contribution in [2.45, 2.75) is 64.0 Å². The Hall–Kier alpha value is -5.16. The van der Waals surface area contributed by atoms with Crippen LogP contribution in [0.15, 0.2) is 84.3 Å². The first kappa shape index (κ1) is 37.4. The van der Waals surface area contributed by atoms with Crippen molar-refractivity contribution in [2.24, 2.45) is 17.8 Å². The van der Waals surface area contributed by atoms with Crippen molar-refractivity contribution in [3.63, 3.8) is 0 Å². The van der Waals surface area contributed by atoms with Crippen LogP contribution in [0.2, 0.25) is 0 Å². The van der Waals surface area contributed by atoms with Gasteiger partial charge in [-0.2, -0.15) is 0 Å². The number of hydrogen-bond acceptors (Lipinski definition) is 8. The van der Waals surface area contributed by atoms with Crippen LogP contribution < -0.4 is 15.0 Å². The summed E-state index contributed by atoms with van der Waals surface area (Å²) in [7, 11) is 0. The van der Waals surface area contributed by atoms with Crippen molar-refractivity contribution < 1.29 is 28.6 Å². The highest BCUT2D eigenvalue weighted by molar-refractivity contribution is 6.05. The minimum Gasteiger partial charge on any atom is -0.508 e. The van der Waals surface area contributed by atoms with Crippen LogP contribution >= 0.6 is 0 Å². The predicted octanol–water partition coefficient (Wildman–Crippen LogP) is 6.26. The van der Waals surface area contributed by atoms with Crippen LogP contribution in [0.1, 0.15) is 77.1 Å². The number of nitrogens with one attached hydrogen (secondary N) is 1. The van der Waals surface area contributed by atoms with Gasteiger partial charge in [-0.3, -0.25) is 24.6 Å². The number of piperazine rings is 1. The van der Waals surface area contributed by atoms with E-state index in [0.29, 0.717) is 36.8 Å². The molecule has 0 radical (unpaired) electrons. The number of benzene rings is 3. The van der Waals surface area contributed by atoms with Crippen LogP contribution in [-0.4, -0.2) is 96.0 Å². The third-order valence-corrected chi connectivity index (χ3v) is 13.4. The summed E-state index contributed by atoms with van der Waals surface area (Å²) in [5.74, 6) is 0.578. The number of hydrogen-bond donors (Lipinski definition) is 2. The lowest BCUT2D eigenvalue weighted by Gasteiger charge is -2.43. The molecule has 10 nitrogen and oxygen atoms in total. The van der Waals surface area contributed by atoms with Crippen LogP contribution in [0.4, 0.5) is 10.1 Å². The number of anilines is 1. The number of allylic oxidation sites excluding steroid dienone is 3. The maximum atomic E-state index is 16.3. The van der Waals surface area contributed by atoms with Gasteiger partial charge < -0.3 is 24.5 Å². The summed E-state index contributed by atoms with van der Waals surface area (Å²) in [5, 5.41) is 12.6. The normalized spacial score (nSPS) is 27.0. The third-order valence-electron chi connectivity index (χ3n) is 13.4. The molecule has 0 aromatic heterocycles. The number of carbonyl (C=O) groups excluding carboxylic acids is 3. The largest absolute Gasteiger partial charge is 0.508 e. The maximum Gasteiger partial charge on any atom is 0.255 e. The number of ether oxygens (including phenoxy) is 1. The molecule has 5 heterocycles. The first-order valence-corrected chi connectivity index (χ1v) is 20.7. The van der Waals surface area contributed by atoms with Crippen molar-refractivity contribution in [1.29, 1.82) is 0 Å². The monoisotopic (exact) mass is 773 g/mol. The molecule has 2 N–H and O–H groups in total. The average Bonchev–Trinajstić information content (AvgIpc) is 3.53. The Kier molecular flexibility index (Phi) is 10.0. The number of amides is 3. The molecule has 6 aliphatic rings. The Morgan fingerprint density at radius 1 is 0.895 bits per heavy atom. The lowest BCUT2D eigenvalue weighted by Crippen LogP contribution is -2.52. The van der Waals surface area contributed by atoms with E-state index in [2.05, 4.69) is 70.3 Å². The van der Waals surface area contributed by atoms with E-state index in [1.54, 1.807) is 17.0 Å². The smallest absolute Gasteiger partial charge is 0.255 e. The number of carbonyl (C=O) groups is 3.